The Kier molecular flexibility index (Phi) is 4.60. The van der Waals surface area contributed by atoms with E-state index in [0.29, 0.717) is 0 Å². The van der Waals surface area contributed by atoms with E-state index in [-0.39, 0.29) is 29.8 Å². The molecule has 0 aromatic heterocycles. The van der Waals surface area contributed by atoms with Crippen molar-refractivity contribution in [2.24, 2.45) is 5.92 Å². The maximum atomic E-state index is 13.1. The van der Waals surface area contributed by atoms with Crippen molar-refractivity contribution < 1.29 is 9.59 Å². The zero-order chi connectivity index (χ0) is 19.0. The van der Waals surface area contributed by atoms with Crippen molar-refractivity contribution in [3.63, 3.8) is 0 Å². The Morgan fingerprint density at radius 3 is 2.59 bits per heavy atom. The second kappa shape index (κ2) is 7.06. The number of para-hydroxylation sites is 1. The van der Waals surface area contributed by atoms with E-state index in [9.17, 15) is 9.59 Å². The zero-order valence-electron chi connectivity index (χ0n) is 15.7. The van der Waals surface area contributed by atoms with Crippen LogP contribution in [0.3, 0.4) is 0 Å². The summed E-state index contributed by atoms with van der Waals surface area (Å²) in [4.78, 5) is 26.9. The van der Waals surface area contributed by atoms with Gasteiger partial charge in [0, 0.05) is 29.0 Å². The fourth-order valence-electron chi connectivity index (χ4n) is 3.70. The van der Waals surface area contributed by atoms with Crippen LogP contribution in [0.1, 0.15) is 32.3 Å². The second-order valence-corrected chi connectivity index (χ2v) is 7.60. The SMILES string of the molecule is CC(Nc1cccc(NC(=O)C2CC2)c1)C(=O)N1c2ccccc2CC1C. The summed E-state index contributed by atoms with van der Waals surface area (Å²) < 4.78 is 0. The van der Waals surface area contributed by atoms with Crippen LogP contribution in [0.2, 0.25) is 0 Å². The maximum Gasteiger partial charge on any atom is 0.249 e. The van der Waals surface area contributed by atoms with Gasteiger partial charge in [-0.2, -0.15) is 0 Å². The number of benzene rings is 2. The molecule has 1 saturated carbocycles. The summed E-state index contributed by atoms with van der Waals surface area (Å²) in [6, 6.07) is 15.4. The molecule has 0 saturated heterocycles. The molecule has 1 aliphatic carbocycles. The van der Waals surface area contributed by atoms with Gasteiger partial charge >= 0.3 is 0 Å². The predicted molar refractivity (Wildman–Crippen MR) is 108 cm³/mol. The van der Waals surface area contributed by atoms with Crippen LogP contribution in [0, 0.1) is 5.92 Å². The Morgan fingerprint density at radius 1 is 1.07 bits per heavy atom. The van der Waals surface area contributed by atoms with E-state index >= 15 is 0 Å². The summed E-state index contributed by atoms with van der Waals surface area (Å²) in [6.07, 6.45) is 2.84. The molecule has 0 radical (unpaired) electrons. The average molecular weight is 363 g/mol. The Labute approximate surface area is 159 Å². The van der Waals surface area contributed by atoms with Gasteiger partial charge in [0.25, 0.3) is 0 Å². The molecule has 2 aromatic carbocycles. The number of hydrogen-bond acceptors (Lipinski definition) is 3. The maximum absolute atomic E-state index is 13.1. The predicted octanol–water partition coefficient (Wildman–Crippen LogP) is 3.81. The normalized spacial score (nSPS) is 19.3. The molecular formula is C22H25N3O2. The first-order chi connectivity index (χ1) is 13.0. The molecule has 2 unspecified atom stereocenters. The largest absolute Gasteiger partial charge is 0.374 e. The van der Waals surface area contributed by atoms with Gasteiger partial charge in [0.05, 0.1) is 0 Å². The fourth-order valence-corrected chi connectivity index (χ4v) is 3.70. The summed E-state index contributed by atoms with van der Waals surface area (Å²) >= 11 is 0. The van der Waals surface area contributed by atoms with Crippen molar-refractivity contribution in [2.75, 3.05) is 15.5 Å². The molecule has 1 aliphatic heterocycles. The lowest BCUT2D eigenvalue weighted by atomic mass is 10.1. The number of rotatable bonds is 5. The molecule has 27 heavy (non-hydrogen) atoms. The molecule has 5 nitrogen and oxygen atoms in total. The number of nitrogens with zero attached hydrogens (tertiary/aromatic N) is 1. The average Bonchev–Trinajstić information content (AvgIpc) is 3.44. The van der Waals surface area contributed by atoms with Crippen LogP contribution in [-0.4, -0.2) is 23.9 Å². The first-order valence-corrected chi connectivity index (χ1v) is 9.61. The van der Waals surface area contributed by atoms with Gasteiger partial charge in [-0.3, -0.25) is 9.59 Å². The topological polar surface area (TPSA) is 61.4 Å². The highest BCUT2D eigenvalue weighted by Crippen LogP contribution is 2.33. The monoisotopic (exact) mass is 363 g/mol. The Morgan fingerprint density at radius 2 is 1.81 bits per heavy atom. The van der Waals surface area contributed by atoms with E-state index in [2.05, 4.69) is 23.6 Å². The first-order valence-electron chi connectivity index (χ1n) is 9.61. The molecule has 1 fully saturated rings. The van der Waals surface area contributed by atoms with Gasteiger partial charge < -0.3 is 15.5 Å². The molecule has 2 aromatic rings. The molecule has 0 spiro atoms. The number of anilines is 3. The van der Waals surface area contributed by atoms with E-state index < -0.39 is 0 Å². The van der Waals surface area contributed by atoms with Crippen molar-refractivity contribution in [3.05, 3.63) is 54.1 Å². The molecule has 2 amide bonds. The Bertz CT molecular complexity index is 875. The summed E-state index contributed by atoms with van der Waals surface area (Å²) in [7, 11) is 0. The minimum Gasteiger partial charge on any atom is -0.374 e. The summed E-state index contributed by atoms with van der Waals surface area (Å²) in [6.45, 7) is 3.96. The second-order valence-electron chi connectivity index (χ2n) is 7.60. The van der Waals surface area contributed by atoms with Crippen LogP contribution in [-0.2, 0) is 16.0 Å². The van der Waals surface area contributed by atoms with Gasteiger partial charge in [-0.15, -0.1) is 0 Å². The number of fused-ring (bicyclic) bond motifs is 1. The van der Waals surface area contributed by atoms with Crippen LogP contribution in [0.25, 0.3) is 0 Å². The number of carbonyl (C=O) groups excluding carboxylic acids is 2. The van der Waals surface area contributed by atoms with Gasteiger partial charge in [-0.05, 0) is 62.9 Å². The molecule has 2 atom stereocenters. The number of nitrogens with one attached hydrogen (secondary N) is 2. The minimum absolute atomic E-state index is 0.0554. The van der Waals surface area contributed by atoms with Crippen LogP contribution < -0.4 is 15.5 Å². The van der Waals surface area contributed by atoms with Crippen LogP contribution >= 0.6 is 0 Å². The molecule has 0 bridgehead atoms. The Balaban J connectivity index is 1.45. The van der Waals surface area contributed by atoms with Gasteiger partial charge in [0.15, 0.2) is 0 Å². The van der Waals surface area contributed by atoms with Gasteiger partial charge in [-0.25, -0.2) is 0 Å². The smallest absolute Gasteiger partial charge is 0.249 e. The van der Waals surface area contributed by atoms with Gasteiger partial charge in [0.2, 0.25) is 11.8 Å². The molecule has 2 aliphatic rings. The molecule has 1 heterocycles. The zero-order valence-corrected chi connectivity index (χ0v) is 15.7. The van der Waals surface area contributed by atoms with Crippen LogP contribution in [0.5, 0.6) is 0 Å². The first kappa shape index (κ1) is 17.6. The third-order valence-corrected chi connectivity index (χ3v) is 5.28. The number of amides is 2. The van der Waals surface area contributed by atoms with E-state index in [1.807, 2.05) is 54.3 Å². The van der Waals surface area contributed by atoms with Crippen molar-refractivity contribution in [3.8, 4) is 0 Å². The molecule has 4 rings (SSSR count). The van der Waals surface area contributed by atoms with E-state index in [4.69, 9.17) is 0 Å². The molecule has 2 N–H and O–H groups in total. The highest BCUT2D eigenvalue weighted by molar-refractivity contribution is 6.01. The highest BCUT2D eigenvalue weighted by Gasteiger charge is 2.33. The highest BCUT2D eigenvalue weighted by atomic mass is 16.2. The van der Waals surface area contributed by atoms with Crippen molar-refractivity contribution in [1.29, 1.82) is 0 Å². The summed E-state index contributed by atoms with van der Waals surface area (Å²) in [5, 5.41) is 6.23. The van der Waals surface area contributed by atoms with E-state index in [0.717, 1.165) is 36.3 Å². The van der Waals surface area contributed by atoms with Crippen molar-refractivity contribution in [1.82, 2.24) is 0 Å². The standard InChI is InChI=1S/C22H25N3O2/c1-14-12-17-6-3-4-9-20(17)25(14)22(27)15(2)23-18-7-5-8-19(13-18)24-21(26)16-10-11-16/h3-9,13-16,23H,10-12H2,1-2H3,(H,24,26). The van der Waals surface area contributed by atoms with Gasteiger partial charge in [0.1, 0.15) is 6.04 Å². The number of carbonyl (C=O) groups is 2. The third-order valence-electron chi connectivity index (χ3n) is 5.28. The van der Waals surface area contributed by atoms with Gasteiger partial charge in [-0.1, -0.05) is 24.3 Å². The Hall–Kier alpha value is -2.82. The number of hydrogen-bond donors (Lipinski definition) is 2. The van der Waals surface area contributed by atoms with Crippen molar-refractivity contribution in [2.45, 2.75) is 45.2 Å². The lowest BCUT2D eigenvalue weighted by Crippen LogP contribution is -2.44. The van der Waals surface area contributed by atoms with E-state index in [1.165, 1.54) is 5.56 Å². The summed E-state index contributed by atoms with van der Waals surface area (Å²) in [5.41, 5.74) is 3.81. The van der Waals surface area contributed by atoms with E-state index in [1.54, 1.807) is 0 Å². The summed E-state index contributed by atoms with van der Waals surface area (Å²) in [5.74, 6) is 0.303. The molecular weight excluding hydrogens is 338 g/mol. The minimum atomic E-state index is -0.368. The van der Waals surface area contributed by atoms with Crippen molar-refractivity contribution >= 4 is 28.9 Å². The third kappa shape index (κ3) is 3.68. The lowest BCUT2D eigenvalue weighted by molar-refractivity contribution is -0.119. The fraction of sp³-hybridized carbons (Fsp3) is 0.364. The molecule has 5 heteroatoms. The lowest BCUT2D eigenvalue weighted by Gasteiger charge is -2.27. The quantitative estimate of drug-likeness (QED) is 0.849. The van der Waals surface area contributed by atoms with Crippen LogP contribution in [0.15, 0.2) is 48.5 Å². The molecule has 140 valence electrons. The van der Waals surface area contributed by atoms with Crippen LogP contribution in [0.4, 0.5) is 17.1 Å².